The molecular formula is C20H20O3. The number of rotatable bonds is 7. The molecule has 0 aliphatic heterocycles. The van der Waals surface area contributed by atoms with Crippen molar-refractivity contribution in [2.24, 2.45) is 0 Å². The quantitative estimate of drug-likeness (QED) is 0.592. The molecule has 0 aliphatic carbocycles. The Kier molecular flexibility index (Phi) is 4.99. The second kappa shape index (κ2) is 7.54. The molecule has 0 N–H and O–H groups in total. The van der Waals surface area contributed by atoms with Crippen molar-refractivity contribution in [2.45, 2.75) is 6.42 Å². The van der Waals surface area contributed by atoms with Gasteiger partial charge in [0.2, 0.25) is 0 Å². The zero-order valence-electron chi connectivity index (χ0n) is 13.2. The Bertz CT molecular complexity index is 745. The molecule has 3 aromatic carbocycles. The minimum Gasteiger partial charge on any atom is -0.497 e. The first-order valence-electron chi connectivity index (χ1n) is 7.74. The number of methoxy groups -OCH3 is 1. The Morgan fingerprint density at radius 1 is 0.696 bits per heavy atom. The van der Waals surface area contributed by atoms with Gasteiger partial charge in [-0.3, -0.25) is 0 Å². The Labute approximate surface area is 136 Å². The fourth-order valence-electron chi connectivity index (χ4n) is 2.42. The normalized spacial score (nSPS) is 10.5. The molecular weight excluding hydrogens is 288 g/mol. The van der Waals surface area contributed by atoms with Gasteiger partial charge in [0, 0.05) is 11.8 Å². The topological polar surface area (TPSA) is 27.7 Å². The van der Waals surface area contributed by atoms with E-state index >= 15 is 0 Å². The van der Waals surface area contributed by atoms with Crippen molar-refractivity contribution in [1.82, 2.24) is 0 Å². The van der Waals surface area contributed by atoms with E-state index in [1.165, 1.54) is 5.39 Å². The van der Waals surface area contributed by atoms with Crippen molar-refractivity contribution in [3.63, 3.8) is 0 Å². The van der Waals surface area contributed by atoms with E-state index in [2.05, 4.69) is 18.2 Å². The molecule has 3 heteroatoms. The molecule has 23 heavy (non-hydrogen) atoms. The van der Waals surface area contributed by atoms with Crippen molar-refractivity contribution in [2.75, 3.05) is 20.3 Å². The van der Waals surface area contributed by atoms with Crippen LogP contribution in [0.25, 0.3) is 10.8 Å². The van der Waals surface area contributed by atoms with Crippen LogP contribution in [-0.4, -0.2) is 20.3 Å². The van der Waals surface area contributed by atoms with Gasteiger partial charge in [0.1, 0.15) is 17.2 Å². The zero-order valence-corrected chi connectivity index (χ0v) is 13.2. The third-order valence-corrected chi connectivity index (χ3v) is 3.62. The molecule has 0 radical (unpaired) electrons. The van der Waals surface area contributed by atoms with Crippen LogP contribution in [0.15, 0.2) is 66.7 Å². The molecule has 0 saturated carbocycles. The summed E-state index contributed by atoms with van der Waals surface area (Å²) in [6.45, 7) is 1.25. The lowest BCUT2D eigenvalue weighted by atomic mass is 10.1. The van der Waals surface area contributed by atoms with Gasteiger partial charge in [-0.1, -0.05) is 36.4 Å². The predicted octanol–water partition coefficient (Wildman–Crippen LogP) is 4.70. The highest BCUT2D eigenvalue weighted by molar-refractivity contribution is 5.88. The van der Waals surface area contributed by atoms with E-state index in [4.69, 9.17) is 14.2 Å². The van der Waals surface area contributed by atoms with Crippen molar-refractivity contribution in [3.05, 3.63) is 66.7 Å². The standard InChI is InChI=1S/C20H20O3/c1-21-17-10-12-18(13-11-17)22-14-5-15-23-20-9-4-7-16-6-2-3-8-19(16)20/h2-4,6-13H,5,14-15H2,1H3. The van der Waals surface area contributed by atoms with Crippen molar-refractivity contribution < 1.29 is 14.2 Å². The molecule has 0 spiro atoms. The third-order valence-electron chi connectivity index (χ3n) is 3.62. The fourth-order valence-corrected chi connectivity index (χ4v) is 2.42. The highest BCUT2D eigenvalue weighted by atomic mass is 16.5. The van der Waals surface area contributed by atoms with Crippen LogP contribution < -0.4 is 14.2 Å². The molecule has 0 aliphatic rings. The minimum absolute atomic E-state index is 0.622. The van der Waals surface area contributed by atoms with Gasteiger partial charge in [-0.05, 0) is 35.7 Å². The SMILES string of the molecule is COc1ccc(OCCCOc2cccc3ccccc23)cc1. The number of benzene rings is 3. The highest BCUT2D eigenvalue weighted by Gasteiger charge is 2.01. The van der Waals surface area contributed by atoms with Crippen LogP contribution >= 0.6 is 0 Å². The molecule has 0 unspecified atom stereocenters. The Morgan fingerprint density at radius 2 is 1.39 bits per heavy atom. The number of ether oxygens (including phenoxy) is 3. The summed E-state index contributed by atoms with van der Waals surface area (Å²) in [5.74, 6) is 2.60. The predicted molar refractivity (Wildman–Crippen MR) is 92.5 cm³/mol. The van der Waals surface area contributed by atoms with Crippen molar-refractivity contribution in [3.8, 4) is 17.2 Å². The Balaban J connectivity index is 1.47. The number of hydrogen-bond acceptors (Lipinski definition) is 3. The second-order valence-electron chi connectivity index (χ2n) is 5.20. The average Bonchev–Trinajstić information content (AvgIpc) is 2.62. The van der Waals surface area contributed by atoms with Crippen molar-refractivity contribution >= 4 is 10.8 Å². The summed E-state index contributed by atoms with van der Waals surface area (Å²) in [7, 11) is 1.65. The molecule has 3 aromatic rings. The molecule has 0 saturated heterocycles. The van der Waals surface area contributed by atoms with Crippen LogP contribution in [0, 0.1) is 0 Å². The van der Waals surface area contributed by atoms with Gasteiger partial charge in [0.25, 0.3) is 0 Å². The molecule has 0 amide bonds. The summed E-state index contributed by atoms with van der Waals surface area (Å²) >= 11 is 0. The van der Waals surface area contributed by atoms with Crippen LogP contribution in [0.3, 0.4) is 0 Å². The molecule has 0 fully saturated rings. The maximum absolute atomic E-state index is 5.89. The molecule has 3 nitrogen and oxygen atoms in total. The summed E-state index contributed by atoms with van der Waals surface area (Å²) < 4.78 is 16.7. The van der Waals surface area contributed by atoms with Crippen LogP contribution in [0.5, 0.6) is 17.2 Å². The summed E-state index contributed by atoms with van der Waals surface area (Å²) in [5.41, 5.74) is 0. The largest absolute Gasteiger partial charge is 0.497 e. The molecule has 3 rings (SSSR count). The molecule has 0 aromatic heterocycles. The number of hydrogen-bond donors (Lipinski definition) is 0. The lowest BCUT2D eigenvalue weighted by Crippen LogP contribution is -2.05. The van der Waals surface area contributed by atoms with Gasteiger partial charge in [-0.15, -0.1) is 0 Å². The first-order valence-corrected chi connectivity index (χ1v) is 7.74. The lowest BCUT2D eigenvalue weighted by Gasteiger charge is -2.10. The van der Waals surface area contributed by atoms with E-state index in [1.807, 2.05) is 48.5 Å². The summed E-state index contributed by atoms with van der Waals surface area (Å²) in [4.78, 5) is 0. The van der Waals surface area contributed by atoms with Gasteiger partial charge >= 0.3 is 0 Å². The average molecular weight is 308 g/mol. The van der Waals surface area contributed by atoms with Crippen LogP contribution in [0.4, 0.5) is 0 Å². The monoisotopic (exact) mass is 308 g/mol. The summed E-state index contributed by atoms with van der Waals surface area (Å²) in [6.07, 6.45) is 0.829. The molecule has 0 bridgehead atoms. The van der Waals surface area contributed by atoms with E-state index in [-0.39, 0.29) is 0 Å². The van der Waals surface area contributed by atoms with Crippen molar-refractivity contribution in [1.29, 1.82) is 0 Å². The van der Waals surface area contributed by atoms with Crippen LogP contribution in [0.2, 0.25) is 0 Å². The molecule has 118 valence electrons. The van der Waals surface area contributed by atoms with Gasteiger partial charge in [0.05, 0.1) is 20.3 Å². The summed E-state index contributed by atoms with van der Waals surface area (Å²) in [6, 6.07) is 22.0. The number of fused-ring (bicyclic) bond motifs is 1. The Morgan fingerprint density at radius 3 is 2.22 bits per heavy atom. The smallest absolute Gasteiger partial charge is 0.127 e. The van der Waals surface area contributed by atoms with Gasteiger partial charge < -0.3 is 14.2 Å². The minimum atomic E-state index is 0.622. The maximum atomic E-state index is 5.89. The van der Waals surface area contributed by atoms with E-state index in [0.29, 0.717) is 13.2 Å². The maximum Gasteiger partial charge on any atom is 0.127 e. The second-order valence-corrected chi connectivity index (χ2v) is 5.20. The third kappa shape index (κ3) is 3.95. The first kappa shape index (κ1) is 15.2. The molecule has 0 atom stereocenters. The van der Waals surface area contributed by atoms with Gasteiger partial charge in [0.15, 0.2) is 0 Å². The van der Waals surface area contributed by atoms with E-state index in [1.54, 1.807) is 7.11 Å². The van der Waals surface area contributed by atoms with E-state index in [9.17, 15) is 0 Å². The zero-order chi connectivity index (χ0) is 15.9. The van der Waals surface area contributed by atoms with Gasteiger partial charge in [-0.25, -0.2) is 0 Å². The first-order chi connectivity index (χ1) is 11.4. The van der Waals surface area contributed by atoms with Crippen LogP contribution in [0.1, 0.15) is 6.42 Å². The van der Waals surface area contributed by atoms with E-state index < -0.39 is 0 Å². The Hall–Kier alpha value is -2.68. The lowest BCUT2D eigenvalue weighted by molar-refractivity contribution is 0.249. The fraction of sp³-hybridized carbons (Fsp3) is 0.200. The molecule has 0 heterocycles. The van der Waals surface area contributed by atoms with Crippen LogP contribution in [-0.2, 0) is 0 Å². The van der Waals surface area contributed by atoms with E-state index in [0.717, 1.165) is 29.1 Å². The highest BCUT2D eigenvalue weighted by Crippen LogP contribution is 2.25. The van der Waals surface area contributed by atoms with Gasteiger partial charge in [-0.2, -0.15) is 0 Å². The summed E-state index contributed by atoms with van der Waals surface area (Å²) in [5, 5.41) is 2.34.